The second-order valence-corrected chi connectivity index (χ2v) is 10.4. The van der Waals surface area contributed by atoms with Gasteiger partial charge in [0.15, 0.2) is 0 Å². The van der Waals surface area contributed by atoms with Crippen molar-refractivity contribution in [2.75, 3.05) is 14.1 Å². The van der Waals surface area contributed by atoms with E-state index in [4.69, 9.17) is 0 Å². The Balaban J connectivity index is 2.07. The molecule has 0 aromatic rings. The van der Waals surface area contributed by atoms with Crippen molar-refractivity contribution >= 4 is 10.2 Å². The van der Waals surface area contributed by atoms with Crippen molar-refractivity contribution < 1.29 is 0 Å². The molecule has 116 valence electrons. The number of hydrogen-bond donors (Lipinski definition) is 3. The first-order chi connectivity index (χ1) is 9.19. The van der Waals surface area contributed by atoms with Crippen LogP contribution >= 0.6 is 0 Å². The van der Waals surface area contributed by atoms with E-state index in [1.165, 1.54) is 42.3 Å². The van der Waals surface area contributed by atoms with Gasteiger partial charge >= 0.3 is 0 Å². The van der Waals surface area contributed by atoms with Crippen LogP contribution < -0.4 is 16.0 Å². The van der Waals surface area contributed by atoms with Crippen LogP contribution in [-0.4, -0.2) is 46.1 Å². The number of likely N-dealkylation sites (N-methyl/N-ethyl adjacent to an activating group) is 2. The van der Waals surface area contributed by atoms with Crippen LogP contribution in [0, 0.1) is 11.8 Å². The molecule has 4 bridgehead atoms. The molecule has 4 heteroatoms. The number of rotatable bonds is 3. The molecular weight excluding hydrogens is 262 g/mol. The zero-order valence-corrected chi connectivity index (χ0v) is 16.2. The fourth-order valence-electron chi connectivity index (χ4n) is 6.24. The molecule has 3 nitrogen and oxygen atoms in total. The van der Waals surface area contributed by atoms with E-state index < -0.39 is 0 Å². The van der Waals surface area contributed by atoms with Gasteiger partial charge in [0.2, 0.25) is 0 Å². The van der Waals surface area contributed by atoms with Gasteiger partial charge in [-0.05, 0) is 78.8 Å². The summed E-state index contributed by atoms with van der Waals surface area (Å²) in [5.41, 5.74) is 0.794. The third-order valence-corrected chi connectivity index (χ3v) is 9.14. The summed E-state index contributed by atoms with van der Waals surface area (Å²) in [7, 11) is 5.58. The highest BCUT2D eigenvalue weighted by Crippen LogP contribution is 2.61. The van der Waals surface area contributed by atoms with Gasteiger partial charge in [-0.2, -0.15) is 0 Å². The van der Waals surface area contributed by atoms with Crippen molar-refractivity contribution in [1.29, 1.82) is 0 Å². The van der Waals surface area contributed by atoms with Gasteiger partial charge in [-0.15, -0.1) is 0 Å². The minimum atomic E-state index is 0.188. The second kappa shape index (κ2) is 4.31. The van der Waals surface area contributed by atoms with Gasteiger partial charge in [-0.1, -0.05) is 0 Å². The summed E-state index contributed by atoms with van der Waals surface area (Å²) in [5.74, 6) is 1.83. The predicted octanol–water partition coefficient (Wildman–Crippen LogP) is 0.576. The summed E-state index contributed by atoms with van der Waals surface area (Å²) < 4.78 is 0. The van der Waals surface area contributed by atoms with Crippen molar-refractivity contribution in [2.24, 2.45) is 11.8 Å². The van der Waals surface area contributed by atoms with Crippen LogP contribution in [0.15, 0.2) is 0 Å². The van der Waals surface area contributed by atoms with Crippen LogP contribution in [0.3, 0.4) is 0 Å². The predicted molar refractivity (Wildman–Crippen MR) is 89.2 cm³/mol. The molecule has 4 aliphatic rings. The number of hydrogen-bond acceptors (Lipinski definition) is 3. The molecule has 0 heterocycles. The molecule has 0 aromatic carbocycles. The third-order valence-electron chi connectivity index (χ3n) is 6.72. The van der Waals surface area contributed by atoms with Gasteiger partial charge in [0, 0.05) is 32.0 Å². The monoisotopic (exact) mass is 295 g/mol. The maximum atomic E-state index is 4.10. The molecule has 0 amide bonds. The largest absolute Gasteiger partial charge is 0.314 e. The van der Waals surface area contributed by atoms with E-state index in [-0.39, 0.29) is 10.7 Å². The molecule has 0 spiro atoms. The van der Waals surface area contributed by atoms with Crippen molar-refractivity contribution in [3.63, 3.8) is 0 Å². The molecule has 4 aliphatic carbocycles. The smallest absolute Gasteiger partial charge is 0.0361 e. The molecule has 3 unspecified atom stereocenters. The van der Waals surface area contributed by atoms with Crippen LogP contribution in [0.2, 0.25) is 0 Å². The minimum absolute atomic E-state index is 0.188. The fraction of sp³-hybridized carbons (Fsp3) is 1.00. The van der Waals surface area contributed by atoms with E-state index in [9.17, 15) is 0 Å². The zero-order chi connectivity index (χ0) is 14.8. The molecule has 3 atom stereocenters. The van der Waals surface area contributed by atoms with Crippen LogP contribution in [-0.2, 0) is 0 Å². The second-order valence-electron chi connectivity index (χ2n) is 8.95. The Kier molecular flexibility index (Phi) is 3.23. The topological polar surface area (TPSA) is 36.1 Å². The average molecular weight is 296 g/mol. The lowest BCUT2D eigenvalue weighted by Gasteiger charge is -2.73. The zero-order valence-electron chi connectivity index (χ0n) is 14.2. The molecule has 0 saturated heterocycles. The Labute approximate surface area is 127 Å². The normalized spacial score (nSPS) is 50.9. The molecule has 4 rings (SSSR count). The van der Waals surface area contributed by atoms with Crippen molar-refractivity contribution in [3.8, 4) is 0 Å². The molecule has 3 N–H and O–H groups in total. The van der Waals surface area contributed by atoms with E-state index in [1.807, 2.05) is 0 Å². The summed E-state index contributed by atoms with van der Waals surface area (Å²) >= 11 is 0. The van der Waals surface area contributed by atoms with Gasteiger partial charge in [0.25, 0.3) is 0 Å². The van der Waals surface area contributed by atoms with E-state index in [0.717, 1.165) is 11.8 Å². The van der Waals surface area contributed by atoms with E-state index in [1.54, 1.807) is 0 Å². The van der Waals surface area contributed by atoms with Crippen molar-refractivity contribution in [2.45, 2.75) is 74.7 Å². The van der Waals surface area contributed by atoms with E-state index in [2.05, 4.69) is 50.8 Å². The molecular formula is C16H33N3Si. The quantitative estimate of drug-likeness (QED) is 0.667. The highest BCUT2D eigenvalue weighted by Gasteiger charge is 2.69. The van der Waals surface area contributed by atoms with Crippen LogP contribution in [0.25, 0.3) is 0 Å². The van der Waals surface area contributed by atoms with Gasteiger partial charge < -0.3 is 16.0 Å². The Bertz CT molecular complexity index is 389. The first-order valence-corrected chi connectivity index (χ1v) is 9.36. The Morgan fingerprint density at radius 2 is 1.40 bits per heavy atom. The summed E-state index contributed by atoms with van der Waals surface area (Å²) in [6.45, 7) is 6.99. The lowest BCUT2D eigenvalue weighted by Crippen LogP contribution is -2.89. The summed E-state index contributed by atoms with van der Waals surface area (Å²) in [4.78, 5) is 0. The Morgan fingerprint density at radius 3 is 1.80 bits per heavy atom. The van der Waals surface area contributed by atoms with E-state index >= 15 is 0 Å². The highest BCUT2D eigenvalue weighted by molar-refractivity contribution is 6.18. The maximum absolute atomic E-state index is 4.10. The standard InChI is InChI=1S/C16H33N3Si/c1-13(2,3)19-15-9-11-6-12(10-15)8-14(7-11,17-4)16(15,20)18-5/h11-12,17-19H,6-10H2,1-5,20H3. The van der Waals surface area contributed by atoms with Crippen LogP contribution in [0.5, 0.6) is 0 Å². The van der Waals surface area contributed by atoms with Gasteiger partial charge in [-0.3, -0.25) is 0 Å². The van der Waals surface area contributed by atoms with Crippen molar-refractivity contribution in [1.82, 2.24) is 16.0 Å². The Hall–Kier alpha value is 0.0969. The molecule has 4 saturated carbocycles. The third kappa shape index (κ3) is 1.81. The average Bonchev–Trinajstić information content (AvgIpc) is 2.32. The summed E-state index contributed by atoms with van der Waals surface area (Å²) in [5, 5.41) is 12.0. The number of nitrogens with one attached hydrogen (secondary N) is 3. The van der Waals surface area contributed by atoms with Crippen molar-refractivity contribution in [3.05, 3.63) is 0 Å². The van der Waals surface area contributed by atoms with Gasteiger partial charge in [0.05, 0.1) is 0 Å². The summed E-state index contributed by atoms with van der Waals surface area (Å²) in [6, 6.07) is 0. The maximum Gasteiger partial charge on any atom is 0.0361 e. The lowest BCUT2D eigenvalue weighted by molar-refractivity contribution is -0.105. The van der Waals surface area contributed by atoms with Gasteiger partial charge in [0.1, 0.15) is 0 Å². The molecule has 20 heavy (non-hydrogen) atoms. The molecule has 0 aromatic heterocycles. The molecule has 4 fully saturated rings. The first kappa shape index (κ1) is 15.0. The van der Waals surface area contributed by atoms with Crippen LogP contribution in [0.1, 0.15) is 52.9 Å². The summed E-state index contributed by atoms with van der Waals surface area (Å²) in [6.07, 6.45) is 6.96. The van der Waals surface area contributed by atoms with E-state index in [0.29, 0.717) is 11.1 Å². The minimum Gasteiger partial charge on any atom is -0.314 e. The lowest BCUT2D eigenvalue weighted by atomic mass is 9.46. The first-order valence-electron chi connectivity index (χ1n) is 8.36. The molecule has 0 radical (unpaired) electrons. The Morgan fingerprint density at radius 1 is 0.900 bits per heavy atom. The highest BCUT2D eigenvalue weighted by atomic mass is 28.1. The van der Waals surface area contributed by atoms with Gasteiger partial charge in [-0.25, -0.2) is 0 Å². The molecule has 0 aliphatic heterocycles. The fourth-order valence-corrected chi connectivity index (χ4v) is 7.43. The SMILES string of the molecule is CNC12CC3CC(C1)CC(NC(C)(C)C)(C3)C2([SiH3])NC. The van der Waals surface area contributed by atoms with Crippen LogP contribution in [0.4, 0.5) is 0 Å².